The Hall–Kier alpha value is -1.14. The van der Waals surface area contributed by atoms with Crippen LogP contribution in [0.25, 0.3) is 0 Å². The molecule has 0 atom stereocenters. The number of hydrogen-bond acceptors (Lipinski definition) is 3. The fraction of sp³-hybridized carbons (Fsp3) is 0.222. The maximum Gasteiger partial charge on any atom is 0.120 e. The van der Waals surface area contributed by atoms with Crippen molar-refractivity contribution in [2.45, 2.75) is 13.3 Å². The first-order chi connectivity index (χ1) is 6.22. The lowest BCUT2D eigenvalue weighted by atomic mass is 10.1. The standard InChI is InChI=1S/C9H6IN3/c1-2-7-3-6(4-11)8(5-12)9(10)13-7/h3H,2H2,1H3. The number of aromatic nitrogens is 1. The first-order valence-corrected chi connectivity index (χ1v) is 4.80. The van der Waals surface area contributed by atoms with Crippen molar-refractivity contribution in [2.75, 3.05) is 0 Å². The molecule has 1 heterocycles. The molecule has 0 saturated carbocycles. The molecule has 0 radical (unpaired) electrons. The van der Waals surface area contributed by atoms with Crippen molar-refractivity contribution in [3.8, 4) is 12.1 Å². The van der Waals surface area contributed by atoms with Crippen molar-refractivity contribution >= 4 is 22.6 Å². The molecule has 0 fully saturated rings. The quantitative estimate of drug-likeness (QED) is 0.585. The Kier molecular flexibility index (Phi) is 3.21. The average Bonchev–Trinajstić information content (AvgIpc) is 2.16. The van der Waals surface area contributed by atoms with Gasteiger partial charge in [0.15, 0.2) is 0 Å². The minimum atomic E-state index is 0.375. The van der Waals surface area contributed by atoms with E-state index in [0.717, 1.165) is 12.1 Å². The third-order valence-electron chi connectivity index (χ3n) is 1.62. The highest BCUT2D eigenvalue weighted by Gasteiger charge is 2.08. The maximum atomic E-state index is 8.76. The van der Waals surface area contributed by atoms with Crippen LogP contribution < -0.4 is 0 Å². The van der Waals surface area contributed by atoms with Gasteiger partial charge in [-0.1, -0.05) is 6.92 Å². The zero-order valence-corrected chi connectivity index (χ0v) is 9.16. The molecular formula is C9H6IN3. The number of rotatable bonds is 1. The van der Waals surface area contributed by atoms with Crippen LogP contribution in [0.4, 0.5) is 0 Å². The molecule has 0 amide bonds. The van der Waals surface area contributed by atoms with Gasteiger partial charge in [0.1, 0.15) is 21.4 Å². The summed E-state index contributed by atoms with van der Waals surface area (Å²) in [5, 5.41) is 17.5. The average molecular weight is 283 g/mol. The molecule has 0 aliphatic carbocycles. The Balaban J connectivity index is 3.42. The van der Waals surface area contributed by atoms with Crippen molar-refractivity contribution in [3.05, 3.63) is 26.6 Å². The fourth-order valence-corrected chi connectivity index (χ4v) is 1.66. The Morgan fingerprint density at radius 3 is 2.62 bits per heavy atom. The second kappa shape index (κ2) is 4.20. The molecule has 0 spiro atoms. The maximum absolute atomic E-state index is 8.76. The summed E-state index contributed by atoms with van der Waals surface area (Å²) in [5.41, 5.74) is 1.64. The van der Waals surface area contributed by atoms with Gasteiger partial charge in [-0.15, -0.1) is 0 Å². The first-order valence-electron chi connectivity index (χ1n) is 3.72. The van der Waals surface area contributed by atoms with Crippen LogP contribution in [0, 0.1) is 26.4 Å². The lowest BCUT2D eigenvalue weighted by Crippen LogP contribution is -1.97. The van der Waals surface area contributed by atoms with Gasteiger partial charge < -0.3 is 0 Å². The number of hydrogen-bond donors (Lipinski definition) is 0. The normalized spacial score (nSPS) is 8.92. The van der Waals surface area contributed by atoms with E-state index in [4.69, 9.17) is 10.5 Å². The largest absolute Gasteiger partial charge is 0.245 e. The van der Waals surface area contributed by atoms with Gasteiger partial charge in [-0.2, -0.15) is 10.5 Å². The second-order valence-electron chi connectivity index (χ2n) is 2.40. The highest BCUT2D eigenvalue weighted by Crippen LogP contribution is 2.15. The van der Waals surface area contributed by atoms with Crippen LogP contribution in [0.1, 0.15) is 23.7 Å². The molecule has 13 heavy (non-hydrogen) atoms. The number of aryl methyl sites for hydroxylation is 1. The molecule has 1 aromatic heterocycles. The number of pyridine rings is 1. The third kappa shape index (κ3) is 1.96. The van der Waals surface area contributed by atoms with Gasteiger partial charge in [-0.3, -0.25) is 0 Å². The molecule has 0 N–H and O–H groups in total. The van der Waals surface area contributed by atoms with Gasteiger partial charge in [0.2, 0.25) is 0 Å². The monoisotopic (exact) mass is 283 g/mol. The number of nitriles is 2. The molecule has 0 saturated heterocycles. The Labute approximate surface area is 90.2 Å². The van der Waals surface area contributed by atoms with Gasteiger partial charge >= 0.3 is 0 Å². The minimum Gasteiger partial charge on any atom is -0.245 e. The van der Waals surface area contributed by atoms with E-state index in [1.807, 2.05) is 41.7 Å². The molecule has 1 aromatic rings. The molecular weight excluding hydrogens is 277 g/mol. The molecule has 3 nitrogen and oxygen atoms in total. The van der Waals surface area contributed by atoms with E-state index in [1.54, 1.807) is 6.07 Å². The summed E-state index contributed by atoms with van der Waals surface area (Å²) in [6, 6.07) is 5.64. The van der Waals surface area contributed by atoms with E-state index in [1.165, 1.54) is 0 Å². The summed E-state index contributed by atoms with van der Waals surface area (Å²) < 4.78 is 0.607. The van der Waals surface area contributed by atoms with Crippen LogP contribution in [-0.4, -0.2) is 4.98 Å². The first kappa shape index (κ1) is 9.94. The van der Waals surface area contributed by atoms with E-state index < -0.39 is 0 Å². The Bertz CT molecular complexity index is 412. The van der Waals surface area contributed by atoms with Gasteiger partial charge in [0.25, 0.3) is 0 Å². The van der Waals surface area contributed by atoms with Gasteiger partial charge in [-0.05, 0) is 35.1 Å². The van der Waals surface area contributed by atoms with Crippen molar-refractivity contribution in [1.82, 2.24) is 4.98 Å². The predicted molar refractivity (Wildman–Crippen MR) is 55.8 cm³/mol. The van der Waals surface area contributed by atoms with Crippen LogP contribution in [0.3, 0.4) is 0 Å². The summed E-state index contributed by atoms with van der Waals surface area (Å²) in [4.78, 5) is 4.18. The number of halogens is 1. The molecule has 0 aliphatic heterocycles. The highest BCUT2D eigenvalue weighted by molar-refractivity contribution is 14.1. The molecule has 64 valence electrons. The van der Waals surface area contributed by atoms with Crippen molar-refractivity contribution in [2.24, 2.45) is 0 Å². The van der Waals surface area contributed by atoms with Crippen LogP contribution in [0.5, 0.6) is 0 Å². The van der Waals surface area contributed by atoms with E-state index >= 15 is 0 Å². The Morgan fingerprint density at radius 1 is 1.46 bits per heavy atom. The third-order valence-corrected chi connectivity index (χ3v) is 2.40. The fourth-order valence-electron chi connectivity index (χ4n) is 0.940. The Morgan fingerprint density at radius 2 is 2.15 bits per heavy atom. The summed E-state index contributed by atoms with van der Waals surface area (Å²) in [7, 11) is 0. The van der Waals surface area contributed by atoms with E-state index in [0.29, 0.717) is 14.8 Å². The summed E-state index contributed by atoms with van der Waals surface area (Å²) in [6.45, 7) is 1.96. The minimum absolute atomic E-state index is 0.375. The zero-order chi connectivity index (χ0) is 9.84. The molecule has 0 bridgehead atoms. The summed E-state index contributed by atoms with van der Waals surface area (Å²) >= 11 is 1.97. The highest BCUT2D eigenvalue weighted by atomic mass is 127. The van der Waals surface area contributed by atoms with Crippen LogP contribution >= 0.6 is 22.6 Å². The van der Waals surface area contributed by atoms with Crippen molar-refractivity contribution < 1.29 is 0 Å². The lowest BCUT2D eigenvalue weighted by molar-refractivity contribution is 1.01. The van der Waals surface area contributed by atoms with E-state index in [-0.39, 0.29) is 0 Å². The van der Waals surface area contributed by atoms with Gasteiger partial charge in [-0.25, -0.2) is 4.98 Å². The summed E-state index contributed by atoms with van der Waals surface area (Å²) in [5.74, 6) is 0. The molecule has 4 heteroatoms. The smallest absolute Gasteiger partial charge is 0.120 e. The van der Waals surface area contributed by atoms with Crippen LogP contribution in [0.2, 0.25) is 0 Å². The molecule has 0 unspecified atom stereocenters. The van der Waals surface area contributed by atoms with Gasteiger partial charge in [0.05, 0.1) is 5.56 Å². The lowest BCUT2D eigenvalue weighted by Gasteiger charge is -2.00. The van der Waals surface area contributed by atoms with Crippen molar-refractivity contribution in [3.63, 3.8) is 0 Å². The van der Waals surface area contributed by atoms with Crippen LogP contribution in [-0.2, 0) is 6.42 Å². The van der Waals surface area contributed by atoms with Gasteiger partial charge in [0, 0.05) is 5.69 Å². The molecule has 0 aliphatic rings. The SMILES string of the molecule is CCc1cc(C#N)c(C#N)c(I)n1. The summed E-state index contributed by atoms with van der Waals surface area (Å²) in [6.07, 6.45) is 0.774. The van der Waals surface area contributed by atoms with Crippen molar-refractivity contribution in [1.29, 1.82) is 10.5 Å². The predicted octanol–water partition coefficient (Wildman–Crippen LogP) is 1.99. The second-order valence-corrected chi connectivity index (χ2v) is 3.43. The number of nitrogens with zero attached hydrogens (tertiary/aromatic N) is 3. The van der Waals surface area contributed by atoms with Crippen LogP contribution in [0.15, 0.2) is 6.07 Å². The van der Waals surface area contributed by atoms with E-state index in [9.17, 15) is 0 Å². The molecule has 0 aromatic carbocycles. The topological polar surface area (TPSA) is 60.5 Å². The van der Waals surface area contributed by atoms with E-state index in [2.05, 4.69) is 4.98 Å². The molecule has 1 rings (SSSR count). The zero-order valence-electron chi connectivity index (χ0n) is 7.00.